The lowest BCUT2D eigenvalue weighted by atomic mass is 9.32. The lowest BCUT2D eigenvalue weighted by Gasteiger charge is -2.72. The molecule has 0 spiro atoms. The van der Waals surface area contributed by atoms with Gasteiger partial charge in [0.1, 0.15) is 11.3 Å². The lowest BCUT2D eigenvalue weighted by molar-refractivity contribution is -0.246. The Hall–Kier alpha value is -4.18. The Morgan fingerprint density at radius 3 is 2.22 bits per heavy atom. The van der Waals surface area contributed by atoms with Crippen molar-refractivity contribution in [2.45, 2.75) is 125 Å². The van der Waals surface area contributed by atoms with Crippen LogP contribution in [0.3, 0.4) is 0 Å². The number of rotatable bonds is 11. The number of hydrogen-bond donors (Lipinski definition) is 5. The number of hydrogen-bond acceptors (Lipinski definition) is 6. The van der Waals surface area contributed by atoms with Crippen molar-refractivity contribution < 1.29 is 39.2 Å². The van der Waals surface area contributed by atoms with Gasteiger partial charge in [-0.05, 0) is 158 Å². The summed E-state index contributed by atoms with van der Waals surface area (Å²) in [5.41, 5.74) is 2.64. The summed E-state index contributed by atoms with van der Waals surface area (Å²) in [6.45, 7) is 18.7. The summed E-state index contributed by atoms with van der Waals surface area (Å²) in [5, 5.41) is 35.9. The van der Waals surface area contributed by atoms with Gasteiger partial charge in [0, 0.05) is 18.7 Å². The van der Waals surface area contributed by atoms with E-state index in [0.717, 1.165) is 56.9 Å². The van der Waals surface area contributed by atoms with E-state index < -0.39 is 24.0 Å². The van der Waals surface area contributed by atoms with Crippen molar-refractivity contribution in [3.63, 3.8) is 0 Å². The summed E-state index contributed by atoms with van der Waals surface area (Å²) in [6.07, 6.45) is 10.1. The van der Waals surface area contributed by atoms with E-state index in [1.807, 2.05) is 6.07 Å². The molecular formula is C48H64N2O8. The monoisotopic (exact) mass is 796 g/mol. The first-order valence-corrected chi connectivity index (χ1v) is 21.5. The molecule has 0 bridgehead atoms. The Labute approximate surface area is 343 Å². The summed E-state index contributed by atoms with van der Waals surface area (Å²) in [5.74, 6) is -0.727. The van der Waals surface area contributed by atoms with Gasteiger partial charge in [-0.3, -0.25) is 9.59 Å². The number of carbonyl (C=O) groups is 4. The van der Waals surface area contributed by atoms with Gasteiger partial charge in [0.15, 0.2) is 6.61 Å². The molecule has 0 radical (unpaired) electrons. The molecule has 2 aromatic carbocycles. The largest absolute Gasteiger partial charge is 0.481 e. The molecule has 5 aliphatic rings. The third-order valence-corrected chi connectivity index (χ3v) is 17.2. The van der Waals surface area contributed by atoms with Gasteiger partial charge in [-0.25, -0.2) is 9.59 Å². The van der Waals surface area contributed by atoms with Gasteiger partial charge < -0.3 is 30.7 Å². The van der Waals surface area contributed by atoms with Gasteiger partial charge in [-0.1, -0.05) is 65.0 Å². The fraction of sp³-hybridized carbons (Fsp3) is 0.625. The Balaban J connectivity index is 1.05. The number of aliphatic hydroxyl groups is 1. The number of aliphatic carboxylic acids is 1. The zero-order valence-corrected chi connectivity index (χ0v) is 35.3. The number of amides is 2. The molecule has 0 aromatic heterocycles. The number of ether oxygens (including phenoxy) is 1. The maximum atomic E-state index is 14.8. The number of benzene rings is 2. The van der Waals surface area contributed by atoms with Crippen molar-refractivity contribution in [3.8, 4) is 5.75 Å². The number of aliphatic hydroxyl groups excluding tert-OH is 1. The predicted octanol–water partition coefficient (Wildman–Crippen LogP) is 8.41. The van der Waals surface area contributed by atoms with E-state index in [2.05, 4.69) is 58.8 Å². The van der Waals surface area contributed by atoms with Crippen LogP contribution in [-0.2, 0) is 22.7 Å². The molecule has 2 aromatic rings. The zero-order valence-electron chi connectivity index (χ0n) is 35.3. The molecule has 58 heavy (non-hydrogen) atoms. The summed E-state index contributed by atoms with van der Waals surface area (Å²) in [4.78, 5) is 50.7. The van der Waals surface area contributed by atoms with E-state index in [9.17, 15) is 29.4 Å². The van der Waals surface area contributed by atoms with Gasteiger partial charge in [0.2, 0.25) is 5.91 Å². The van der Waals surface area contributed by atoms with Crippen LogP contribution < -0.4 is 15.4 Å². The molecular weight excluding hydrogens is 733 g/mol. The minimum Gasteiger partial charge on any atom is -0.481 e. The Bertz CT molecular complexity index is 1990. The number of carboxylic acid groups (broad SMARTS) is 2. The van der Waals surface area contributed by atoms with Crippen LogP contribution >= 0.6 is 0 Å². The van der Waals surface area contributed by atoms with Crippen molar-refractivity contribution in [1.82, 2.24) is 10.6 Å². The highest BCUT2D eigenvalue weighted by Crippen LogP contribution is 2.77. The highest BCUT2D eigenvalue weighted by atomic mass is 16.5. The fourth-order valence-corrected chi connectivity index (χ4v) is 14.1. The quantitative estimate of drug-likeness (QED) is 0.142. The second kappa shape index (κ2) is 15.1. The summed E-state index contributed by atoms with van der Waals surface area (Å²) < 4.78 is 5.11. The van der Waals surface area contributed by atoms with Crippen molar-refractivity contribution in [1.29, 1.82) is 0 Å². The standard InChI is InChI=1S/C48H64N2O8/c1-28(2)32-15-20-48(22-21-46(6)34(40(32)48)12-14-37-45(5)18-17-38(51)44(3,4)36(45)16-19-47(37,46)7)43(57)50-26-29-9-8-10-31(23-29)41(54)49-25-30-11-13-35(58-27-39(52)53)33(24-30)42(55)56/h8-11,13,23-24,32,34,36-38,40,51H,1,12,14-22,25-27H2,2-7H3,(H,49,54)(H,50,57)(H,52,53)(H,55,56)/t32-,34?,36?,37?,38-,40?,45-,46+,47+,48-/m0/s1. The average molecular weight is 797 g/mol. The normalized spacial score (nSPS) is 35.9. The van der Waals surface area contributed by atoms with Crippen molar-refractivity contribution in [3.05, 3.63) is 76.9 Å². The van der Waals surface area contributed by atoms with Gasteiger partial charge in [0.25, 0.3) is 5.91 Å². The Kier molecular flexibility index (Phi) is 10.9. The molecule has 2 amide bonds. The lowest BCUT2D eigenvalue weighted by Crippen LogP contribution is -2.67. The SMILES string of the molecule is C=C(C)[C@@H]1CC[C@]2(C(=O)NCc3cccc(C(=O)NCc4ccc(OCC(=O)O)c(C(=O)O)c4)c3)CC[C@]3(C)C(CCC4[C@@]5(C)CC[C@H](O)C(C)(C)C5CC[C@]43C)C12. The van der Waals surface area contributed by atoms with E-state index >= 15 is 0 Å². The maximum Gasteiger partial charge on any atom is 0.341 e. The minimum atomic E-state index is -1.27. The molecule has 5 saturated carbocycles. The summed E-state index contributed by atoms with van der Waals surface area (Å²) in [7, 11) is 0. The van der Waals surface area contributed by atoms with Crippen LogP contribution in [0.15, 0.2) is 54.6 Å². The first kappa shape index (κ1) is 42.0. The van der Waals surface area contributed by atoms with Crippen molar-refractivity contribution in [2.75, 3.05) is 6.61 Å². The number of carboxylic acids is 2. The molecule has 5 aliphatic carbocycles. The van der Waals surface area contributed by atoms with Crippen LogP contribution in [0.5, 0.6) is 5.75 Å². The van der Waals surface area contributed by atoms with Crippen molar-refractivity contribution in [2.24, 2.45) is 56.7 Å². The Morgan fingerprint density at radius 2 is 1.52 bits per heavy atom. The third-order valence-electron chi connectivity index (χ3n) is 17.2. The van der Waals surface area contributed by atoms with Gasteiger partial charge in [-0.2, -0.15) is 0 Å². The smallest absolute Gasteiger partial charge is 0.341 e. The number of nitrogens with one attached hydrogen (secondary N) is 2. The third kappa shape index (κ3) is 6.75. The number of fused-ring (bicyclic) bond motifs is 7. The van der Waals surface area contributed by atoms with Crippen LogP contribution in [0.25, 0.3) is 0 Å². The van der Waals surface area contributed by atoms with Crippen LogP contribution in [-0.4, -0.2) is 51.8 Å². The first-order valence-electron chi connectivity index (χ1n) is 21.5. The summed E-state index contributed by atoms with van der Waals surface area (Å²) >= 11 is 0. The molecule has 7 rings (SSSR count). The van der Waals surface area contributed by atoms with Crippen LogP contribution in [0.4, 0.5) is 0 Å². The average Bonchev–Trinajstić information content (AvgIpc) is 3.59. The van der Waals surface area contributed by atoms with E-state index in [4.69, 9.17) is 9.84 Å². The predicted molar refractivity (Wildman–Crippen MR) is 221 cm³/mol. The topological polar surface area (TPSA) is 162 Å². The first-order chi connectivity index (χ1) is 27.3. The fourth-order valence-electron chi connectivity index (χ4n) is 14.1. The molecule has 10 nitrogen and oxygen atoms in total. The van der Waals surface area contributed by atoms with Gasteiger partial charge >= 0.3 is 11.9 Å². The molecule has 5 fully saturated rings. The molecule has 5 N–H and O–H groups in total. The Morgan fingerprint density at radius 1 is 0.793 bits per heavy atom. The van der Waals surface area contributed by atoms with Gasteiger partial charge in [-0.15, -0.1) is 0 Å². The molecule has 4 unspecified atom stereocenters. The zero-order chi connectivity index (χ0) is 42.0. The minimum absolute atomic E-state index is 0.0495. The van der Waals surface area contributed by atoms with E-state index in [-0.39, 0.29) is 63.4 Å². The maximum absolute atomic E-state index is 14.8. The van der Waals surface area contributed by atoms with Crippen LogP contribution in [0.2, 0.25) is 0 Å². The second-order valence-corrected chi connectivity index (χ2v) is 20.1. The highest BCUT2D eigenvalue weighted by molar-refractivity contribution is 5.94. The number of carbonyl (C=O) groups excluding carboxylic acids is 2. The van der Waals surface area contributed by atoms with E-state index in [1.54, 1.807) is 24.3 Å². The van der Waals surface area contributed by atoms with Crippen LogP contribution in [0.1, 0.15) is 138 Å². The molecule has 0 aliphatic heterocycles. The molecule has 314 valence electrons. The molecule has 10 heteroatoms. The molecule has 0 heterocycles. The number of allylic oxidation sites excluding steroid dienone is 1. The second-order valence-electron chi connectivity index (χ2n) is 20.1. The highest BCUT2D eigenvalue weighted by Gasteiger charge is 2.71. The molecule has 10 atom stereocenters. The van der Waals surface area contributed by atoms with E-state index in [0.29, 0.717) is 41.3 Å². The van der Waals surface area contributed by atoms with E-state index in [1.165, 1.54) is 30.5 Å². The number of aromatic carboxylic acids is 1. The van der Waals surface area contributed by atoms with Crippen LogP contribution in [0, 0.1) is 56.7 Å². The van der Waals surface area contributed by atoms with Gasteiger partial charge in [0.05, 0.1) is 11.5 Å². The van der Waals surface area contributed by atoms with Crippen molar-refractivity contribution >= 4 is 23.8 Å². The molecule has 0 saturated heterocycles. The summed E-state index contributed by atoms with van der Waals surface area (Å²) in [6, 6.07) is 11.5.